The Bertz CT molecular complexity index is 676. The van der Waals surface area contributed by atoms with Gasteiger partial charge in [-0.2, -0.15) is 0 Å². The molecule has 1 unspecified atom stereocenters. The Morgan fingerprint density at radius 2 is 1.65 bits per heavy atom. The second kappa shape index (κ2) is 6.37. The molecule has 0 aromatic heterocycles. The van der Waals surface area contributed by atoms with Gasteiger partial charge < -0.3 is 0 Å². The first-order valence-corrected chi connectivity index (χ1v) is 8.55. The summed E-state index contributed by atoms with van der Waals surface area (Å²) in [6.07, 6.45) is 2.04. The molecule has 104 valence electrons. The first-order chi connectivity index (χ1) is 9.55. The summed E-state index contributed by atoms with van der Waals surface area (Å²) in [5, 5.41) is -0.595. The van der Waals surface area contributed by atoms with Crippen LogP contribution < -0.4 is 0 Å². The summed E-state index contributed by atoms with van der Waals surface area (Å²) < 4.78 is 26.4. The van der Waals surface area contributed by atoms with Gasteiger partial charge in [-0.15, -0.1) is 6.58 Å². The van der Waals surface area contributed by atoms with Crippen LogP contribution in [-0.4, -0.2) is 8.42 Å². The molecular weight excluding hydrogens is 336 g/mol. The predicted molar refractivity (Wildman–Crippen MR) is 85.3 cm³/mol. The molecule has 0 amide bonds. The molecule has 0 bridgehead atoms. The van der Waals surface area contributed by atoms with Crippen LogP contribution in [-0.2, 0) is 9.84 Å². The lowest BCUT2D eigenvalue weighted by Gasteiger charge is -2.16. The Balaban J connectivity index is 2.48. The van der Waals surface area contributed by atoms with Gasteiger partial charge in [0.2, 0.25) is 0 Å². The average Bonchev–Trinajstić information content (AvgIpc) is 2.46. The van der Waals surface area contributed by atoms with Gasteiger partial charge in [0.25, 0.3) is 0 Å². The number of rotatable bonds is 5. The molecule has 0 aliphatic heterocycles. The minimum Gasteiger partial charge on any atom is -0.223 e. The fourth-order valence-electron chi connectivity index (χ4n) is 2.05. The molecule has 1 atom stereocenters. The maximum atomic E-state index is 12.8. The molecular formula is C16H15BrO2S. The lowest BCUT2D eigenvalue weighted by molar-refractivity contribution is 0.582. The van der Waals surface area contributed by atoms with Crippen LogP contribution in [0.15, 0.2) is 76.6 Å². The Hall–Kier alpha value is -1.39. The normalized spacial score (nSPS) is 12.8. The van der Waals surface area contributed by atoms with E-state index in [1.54, 1.807) is 30.3 Å². The van der Waals surface area contributed by atoms with Crippen molar-refractivity contribution in [2.45, 2.75) is 16.6 Å². The van der Waals surface area contributed by atoms with Crippen molar-refractivity contribution >= 4 is 25.8 Å². The van der Waals surface area contributed by atoms with Crippen LogP contribution in [0.2, 0.25) is 0 Å². The van der Waals surface area contributed by atoms with Crippen LogP contribution in [0.25, 0.3) is 0 Å². The third kappa shape index (κ3) is 3.19. The van der Waals surface area contributed by atoms with Gasteiger partial charge in [-0.3, -0.25) is 0 Å². The maximum Gasteiger partial charge on any atom is 0.185 e. The molecule has 2 aromatic rings. The summed E-state index contributed by atoms with van der Waals surface area (Å²) >= 11 is 3.31. The van der Waals surface area contributed by atoms with Crippen LogP contribution in [0, 0.1) is 0 Å². The van der Waals surface area contributed by atoms with Crippen molar-refractivity contribution in [3.8, 4) is 0 Å². The number of allylic oxidation sites excluding steroid dienone is 1. The smallest absolute Gasteiger partial charge is 0.185 e. The van der Waals surface area contributed by atoms with E-state index in [9.17, 15) is 8.42 Å². The number of halogens is 1. The summed E-state index contributed by atoms with van der Waals surface area (Å²) in [5.41, 5.74) is 0.787. The number of hydrogen-bond acceptors (Lipinski definition) is 2. The quantitative estimate of drug-likeness (QED) is 0.741. The van der Waals surface area contributed by atoms with E-state index < -0.39 is 15.1 Å². The van der Waals surface area contributed by atoms with Gasteiger partial charge in [-0.05, 0) is 36.2 Å². The van der Waals surface area contributed by atoms with Crippen LogP contribution in [0.4, 0.5) is 0 Å². The van der Waals surface area contributed by atoms with E-state index in [-0.39, 0.29) is 0 Å². The summed E-state index contributed by atoms with van der Waals surface area (Å²) in [7, 11) is -3.43. The van der Waals surface area contributed by atoms with E-state index in [0.717, 1.165) is 10.0 Å². The zero-order valence-corrected chi connectivity index (χ0v) is 13.3. The lowest BCUT2D eigenvalue weighted by atomic mass is 10.1. The second-order valence-electron chi connectivity index (χ2n) is 4.42. The molecule has 0 radical (unpaired) electrons. The van der Waals surface area contributed by atoms with E-state index in [2.05, 4.69) is 22.5 Å². The highest BCUT2D eigenvalue weighted by Crippen LogP contribution is 2.32. The molecule has 0 N–H and O–H groups in total. The zero-order valence-electron chi connectivity index (χ0n) is 10.9. The van der Waals surface area contributed by atoms with Crippen LogP contribution >= 0.6 is 15.9 Å². The largest absolute Gasteiger partial charge is 0.223 e. The van der Waals surface area contributed by atoms with E-state index in [1.807, 2.05) is 30.3 Å². The van der Waals surface area contributed by atoms with Gasteiger partial charge in [0.05, 0.1) is 10.1 Å². The molecule has 0 saturated carbocycles. The van der Waals surface area contributed by atoms with E-state index in [4.69, 9.17) is 0 Å². The third-order valence-corrected chi connectivity index (χ3v) is 5.74. The Kier molecular flexibility index (Phi) is 4.78. The van der Waals surface area contributed by atoms with Gasteiger partial charge in [-0.1, -0.05) is 52.3 Å². The van der Waals surface area contributed by atoms with E-state index >= 15 is 0 Å². The molecule has 0 heterocycles. The fraction of sp³-hybridized carbons (Fsp3) is 0.125. The van der Waals surface area contributed by atoms with Crippen molar-refractivity contribution in [3.63, 3.8) is 0 Å². The monoisotopic (exact) mass is 350 g/mol. The summed E-state index contributed by atoms with van der Waals surface area (Å²) in [4.78, 5) is 0.330. The van der Waals surface area contributed by atoms with Crippen LogP contribution in [0.1, 0.15) is 17.2 Å². The predicted octanol–water partition coefficient (Wildman–Crippen LogP) is 4.54. The standard InChI is InChI=1S/C16H15BrO2S/c1-2-6-16(13-7-4-3-5-8-13)20(18,19)15-11-9-14(17)10-12-15/h2-5,7-12,16H,1,6H2. The Labute approximate surface area is 128 Å². The third-order valence-electron chi connectivity index (χ3n) is 3.07. The van der Waals surface area contributed by atoms with Crippen LogP contribution in [0.5, 0.6) is 0 Å². The van der Waals surface area contributed by atoms with Crippen molar-refractivity contribution in [1.29, 1.82) is 0 Å². The SMILES string of the molecule is C=CCC(c1ccccc1)S(=O)(=O)c1ccc(Br)cc1. The van der Waals surface area contributed by atoms with Gasteiger partial charge >= 0.3 is 0 Å². The van der Waals surface area contributed by atoms with Gasteiger partial charge in [0, 0.05) is 4.47 Å². The van der Waals surface area contributed by atoms with Gasteiger partial charge in [-0.25, -0.2) is 8.42 Å². The molecule has 2 rings (SSSR count). The average molecular weight is 351 g/mol. The highest BCUT2D eigenvalue weighted by atomic mass is 79.9. The molecule has 2 nitrogen and oxygen atoms in total. The summed E-state index contributed by atoms with van der Waals surface area (Å²) in [6, 6.07) is 16.0. The van der Waals surface area contributed by atoms with Crippen molar-refractivity contribution in [3.05, 3.63) is 77.3 Å². The second-order valence-corrected chi connectivity index (χ2v) is 7.47. The van der Waals surface area contributed by atoms with E-state index in [0.29, 0.717) is 11.3 Å². The molecule has 4 heteroatoms. The molecule has 0 fully saturated rings. The van der Waals surface area contributed by atoms with Crippen molar-refractivity contribution in [2.24, 2.45) is 0 Å². The first-order valence-electron chi connectivity index (χ1n) is 6.21. The van der Waals surface area contributed by atoms with Crippen molar-refractivity contribution < 1.29 is 8.42 Å². The number of benzene rings is 2. The van der Waals surface area contributed by atoms with Gasteiger partial charge in [0.15, 0.2) is 9.84 Å². The Morgan fingerprint density at radius 1 is 1.05 bits per heavy atom. The topological polar surface area (TPSA) is 34.1 Å². The molecule has 0 saturated heterocycles. The molecule has 0 spiro atoms. The minimum atomic E-state index is -3.43. The highest BCUT2D eigenvalue weighted by molar-refractivity contribution is 9.10. The highest BCUT2D eigenvalue weighted by Gasteiger charge is 2.27. The molecule has 0 aliphatic rings. The van der Waals surface area contributed by atoms with Gasteiger partial charge in [0.1, 0.15) is 0 Å². The molecule has 20 heavy (non-hydrogen) atoms. The molecule has 2 aromatic carbocycles. The first kappa shape index (κ1) is 15.0. The summed E-state index contributed by atoms with van der Waals surface area (Å²) in [5.74, 6) is 0. The van der Waals surface area contributed by atoms with Crippen LogP contribution in [0.3, 0.4) is 0 Å². The summed E-state index contributed by atoms with van der Waals surface area (Å²) in [6.45, 7) is 3.68. The number of sulfone groups is 1. The lowest BCUT2D eigenvalue weighted by Crippen LogP contribution is -2.13. The Morgan fingerprint density at radius 3 is 2.20 bits per heavy atom. The number of hydrogen-bond donors (Lipinski definition) is 0. The zero-order chi connectivity index (χ0) is 14.6. The minimum absolute atomic E-state index is 0.330. The maximum absolute atomic E-state index is 12.8. The fourth-order valence-corrected chi connectivity index (χ4v) is 4.06. The van der Waals surface area contributed by atoms with E-state index in [1.165, 1.54) is 0 Å². The van der Waals surface area contributed by atoms with Crippen molar-refractivity contribution in [2.75, 3.05) is 0 Å². The van der Waals surface area contributed by atoms with Crippen molar-refractivity contribution in [1.82, 2.24) is 0 Å². The molecule has 0 aliphatic carbocycles.